The van der Waals surface area contributed by atoms with Gasteiger partial charge in [-0.3, -0.25) is 9.59 Å². The van der Waals surface area contributed by atoms with Crippen molar-refractivity contribution in [3.8, 4) is 0 Å². The molecule has 0 unspecified atom stereocenters. The first kappa shape index (κ1) is 20.3. The number of nitrogens with zero attached hydrogens (tertiary/aromatic N) is 1. The largest absolute Gasteiger partial charge is 0.350 e. The molecule has 156 valence electrons. The lowest BCUT2D eigenvalue weighted by Crippen LogP contribution is -2.33. The number of benzene rings is 3. The predicted octanol–water partition coefficient (Wildman–Crippen LogP) is 4.78. The second kappa shape index (κ2) is 7.67. The van der Waals surface area contributed by atoms with Gasteiger partial charge in [-0.2, -0.15) is 0 Å². The van der Waals surface area contributed by atoms with Crippen molar-refractivity contribution < 1.29 is 31.5 Å². The monoisotopic (exact) mass is 430 g/mol. The summed E-state index contributed by atoms with van der Waals surface area (Å²) in [6, 6.07) is 9.45. The summed E-state index contributed by atoms with van der Waals surface area (Å²) in [4.78, 5) is 26.5. The number of rotatable bonds is 4. The first-order valence-electron chi connectivity index (χ1n) is 8.82. The van der Waals surface area contributed by atoms with E-state index >= 15 is 0 Å². The number of carbonyl (C=O) groups excluding carboxylic acids is 2. The zero-order valence-corrected chi connectivity index (χ0v) is 15.4. The van der Waals surface area contributed by atoms with Crippen LogP contribution < -0.4 is 10.2 Å². The SMILES string of the molecule is O=C1C(Nc2ccc(F)c(F)c2)=C(c2ccc(F)cc2)C(=O)N1c1cc(F)ccc1F. The van der Waals surface area contributed by atoms with E-state index in [0.29, 0.717) is 11.0 Å². The van der Waals surface area contributed by atoms with Crippen LogP contribution in [-0.4, -0.2) is 11.8 Å². The third-order valence-electron chi connectivity index (χ3n) is 4.55. The molecule has 0 aliphatic carbocycles. The van der Waals surface area contributed by atoms with E-state index in [1.54, 1.807) is 0 Å². The lowest BCUT2D eigenvalue weighted by atomic mass is 10.0. The molecule has 0 aromatic heterocycles. The molecule has 0 atom stereocenters. The highest BCUT2D eigenvalue weighted by atomic mass is 19.2. The van der Waals surface area contributed by atoms with Crippen LogP contribution in [0.25, 0.3) is 5.57 Å². The van der Waals surface area contributed by atoms with Crippen LogP contribution in [0.4, 0.5) is 33.3 Å². The molecule has 0 spiro atoms. The van der Waals surface area contributed by atoms with Gasteiger partial charge in [-0.05, 0) is 42.0 Å². The van der Waals surface area contributed by atoms with Gasteiger partial charge < -0.3 is 5.32 Å². The average Bonchev–Trinajstić information content (AvgIpc) is 2.97. The van der Waals surface area contributed by atoms with Crippen LogP contribution in [0, 0.1) is 29.1 Å². The maximum absolute atomic E-state index is 14.3. The Balaban J connectivity index is 1.85. The molecule has 3 aromatic rings. The van der Waals surface area contributed by atoms with Gasteiger partial charge in [0.15, 0.2) is 11.6 Å². The van der Waals surface area contributed by atoms with Crippen molar-refractivity contribution in [2.24, 2.45) is 0 Å². The number of hydrogen-bond acceptors (Lipinski definition) is 3. The van der Waals surface area contributed by atoms with Gasteiger partial charge in [0.1, 0.15) is 23.1 Å². The molecule has 4 nitrogen and oxygen atoms in total. The number of imide groups is 1. The predicted molar refractivity (Wildman–Crippen MR) is 102 cm³/mol. The summed E-state index contributed by atoms with van der Waals surface area (Å²) in [5, 5.41) is 2.54. The molecule has 3 aromatic carbocycles. The van der Waals surface area contributed by atoms with Gasteiger partial charge in [-0.25, -0.2) is 26.9 Å². The van der Waals surface area contributed by atoms with Crippen LogP contribution in [0.15, 0.2) is 66.4 Å². The molecule has 0 radical (unpaired) electrons. The maximum Gasteiger partial charge on any atom is 0.282 e. The summed E-state index contributed by atoms with van der Waals surface area (Å²) in [6.45, 7) is 0. The fourth-order valence-corrected chi connectivity index (χ4v) is 3.12. The molecular weight excluding hydrogens is 419 g/mol. The zero-order chi connectivity index (χ0) is 22.3. The van der Waals surface area contributed by atoms with Gasteiger partial charge >= 0.3 is 0 Å². The van der Waals surface area contributed by atoms with E-state index in [2.05, 4.69) is 5.32 Å². The Morgan fingerprint density at radius 1 is 0.645 bits per heavy atom. The number of nitrogens with one attached hydrogen (secondary N) is 1. The molecule has 4 rings (SSSR count). The molecule has 0 bridgehead atoms. The summed E-state index contributed by atoms with van der Waals surface area (Å²) in [7, 11) is 0. The van der Waals surface area contributed by atoms with Crippen molar-refractivity contribution in [2.75, 3.05) is 10.2 Å². The highest BCUT2D eigenvalue weighted by Gasteiger charge is 2.41. The average molecular weight is 430 g/mol. The molecule has 31 heavy (non-hydrogen) atoms. The van der Waals surface area contributed by atoms with Gasteiger partial charge in [-0.1, -0.05) is 12.1 Å². The Hall–Kier alpha value is -4.01. The molecular formula is C22H11F5N2O2. The number of halogens is 5. The van der Waals surface area contributed by atoms with E-state index in [4.69, 9.17) is 0 Å². The highest BCUT2D eigenvalue weighted by molar-refractivity contribution is 6.46. The summed E-state index contributed by atoms with van der Waals surface area (Å²) < 4.78 is 68.2. The second-order valence-corrected chi connectivity index (χ2v) is 6.55. The van der Waals surface area contributed by atoms with E-state index < -0.39 is 52.3 Å². The van der Waals surface area contributed by atoms with E-state index in [1.165, 1.54) is 12.1 Å². The fraction of sp³-hybridized carbons (Fsp3) is 0. The standard InChI is InChI=1S/C22H11F5N2O2/c23-12-3-1-11(2-4-12)19-20(28-14-6-8-15(25)17(27)10-14)22(31)29(21(19)30)18-9-13(24)5-7-16(18)26/h1-10,28H. The third-order valence-corrected chi connectivity index (χ3v) is 4.55. The molecule has 1 heterocycles. The van der Waals surface area contributed by atoms with Crippen LogP contribution in [0.1, 0.15) is 5.56 Å². The van der Waals surface area contributed by atoms with Crippen molar-refractivity contribution in [3.05, 3.63) is 101 Å². The summed E-state index contributed by atoms with van der Waals surface area (Å²) in [6.07, 6.45) is 0. The van der Waals surface area contributed by atoms with Crippen molar-refractivity contribution in [3.63, 3.8) is 0 Å². The molecule has 0 fully saturated rings. The Kier molecular flexibility index (Phi) is 5.02. The van der Waals surface area contributed by atoms with Gasteiger partial charge in [0.05, 0.1) is 11.3 Å². The number of hydrogen-bond donors (Lipinski definition) is 1. The van der Waals surface area contributed by atoms with Crippen molar-refractivity contribution in [1.29, 1.82) is 0 Å². The smallest absolute Gasteiger partial charge is 0.282 e. The van der Waals surface area contributed by atoms with Crippen LogP contribution >= 0.6 is 0 Å². The highest BCUT2D eigenvalue weighted by Crippen LogP contribution is 2.35. The number of carbonyl (C=O) groups is 2. The molecule has 1 aliphatic rings. The topological polar surface area (TPSA) is 49.4 Å². The van der Waals surface area contributed by atoms with Gasteiger partial charge in [0.25, 0.3) is 11.8 Å². The van der Waals surface area contributed by atoms with Gasteiger partial charge in [-0.15, -0.1) is 0 Å². The van der Waals surface area contributed by atoms with Crippen molar-refractivity contribution >= 4 is 28.8 Å². The van der Waals surface area contributed by atoms with Gasteiger partial charge in [0, 0.05) is 17.8 Å². The van der Waals surface area contributed by atoms with E-state index in [1.807, 2.05) is 0 Å². The molecule has 1 aliphatic heterocycles. The third kappa shape index (κ3) is 3.65. The first-order valence-corrected chi connectivity index (χ1v) is 8.82. The normalized spacial score (nSPS) is 13.9. The van der Waals surface area contributed by atoms with E-state index in [9.17, 15) is 31.5 Å². The summed E-state index contributed by atoms with van der Waals surface area (Å²) >= 11 is 0. The molecule has 0 saturated carbocycles. The van der Waals surface area contributed by atoms with E-state index in [0.717, 1.165) is 42.5 Å². The lowest BCUT2D eigenvalue weighted by molar-refractivity contribution is -0.120. The molecule has 2 amide bonds. The van der Waals surface area contributed by atoms with E-state index in [-0.39, 0.29) is 16.8 Å². The molecule has 1 N–H and O–H groups in total. The van der Waals surface area contributed by atoms with Gasteiger partial charge in [0.2, 0.25) is 0 Å². The van der Waals surface area contributed by atoms with Crippen LogP contribution in [0.2, 0.25) is 0 Å². The maximum atomic E-state index is 14.3. The Bertz CT molecular complexity index is 1260. The van der Waals surface area contributed by atoms with Crippen LogP contribution in [-0.2, 0) is 9.59 Å². The summed E-state index contributed by atoms with van der Waals surface area (Å²) in [5.41, 5.74) is -1.28. The Morgan fingerprint density at radius 3 is 1.97 bits per heavy atom. The van der Waals surface area contributed by atoms with Crippen molar-refractivity contribution in [1.82, 2.24) is 0 Å². The molecule has 0 saturated heterocycles. The number of amides is 2. The minimum absolute atomic E-state index is 0.0729. The minimum atomic E-state index is -1.21. The first-order chi connectivity index (χ1) is 14.8. The zero-order valence-electron chi connectivity index (χ0n) is 15.4. The van der Waals surface area contributed by atoms with Crippen LogP contribution in [0.5, 0.6) is 0 Å². The van der Waals surface area contributed by atoms with Crippen LogP contribution in [0.3, 0.4) is 0 Å². The quantitative estimate of drug-likeness (QED) is 0.479. The molecule has 9 heteroatoms. The second-order valence-electron chi connectivity index (χ2n) is 6.55. The minimum Gasteiger partial charge on any atom is -0.350 e. The lowest BCUT2D eigenvalue weighted by Gasteiger charge is -2.16. The Morgan fingerprint density at radius 2 is 1.29 bits per heavy atom. The fourth-order valence-electron chi connectivity index (χ4n) is 3.12. The van der Waals surface area contributed by atoms with Crippen molar-refractivity contribution in [2.45, 2.75) is 0 Å². The Labute approximate surface area is 172 Å². The number of anilines is 2. The summed E-state index contributed by atoms with van der Waals surface area (Å²) in [5.74, 6) is -6.93.